The van der Waals surface area contributed by atoms with Crippen LogP contribution in [0.4, 0.5) is 0 Å². The van der Waals surface area contributed by atoms with Crippen LogP contribution in [-0.4, -0.2) is 29.4 Å². The van der Waals surface area contributed by atoms with E-state index in [1.54, 1.807) is 12.3 Å². The van der Waals surface area contributed by atoms with Crippen molar-refractivity contribution in [2.75, 3.05) is 6.54 Å². The van der Waals surface area contributed by atoms with Crippen LogP contribution in [0, 0.1) is 5.92 Å². The molecule has 0 fully saturated rings. The summed E-state index contributed by atoms with van der Waals surface area (Å²) in [4.78, 5) is 27.7. The van der Waals surface area contributed by atoms with Gasteiger partial charge >= 0.3 is 0 Å². The fourth-order valence-corrected chi connectivity index (χ4v) is 2.04. The molecule has 0 saturated heterocycles. The topological polar surface area (TPSA) is 106 Å². The number of amides is 2. The Morgan fingerprint density at radius 3 is 2.46 bits per heavy atom. The minimum absolute atomic E-state index is 0.0146. The summed E-state index contributed by atoms with van der Waals surface area (Å²) in [6, 6.07) is 12.3. The Morgan fingerprint density at radius 1 is 1.12 bits per heavy atom. The van der Waals surface area contributed by atoms with Gasteiger partial charge in [0.25, 0.3) is 0 Å². The van der Waals surface area contributed by atoms with Crippen LogP contribution in [0.2, 0.25) is 0 Å². The Balaban J connectivity index is 1.75. The second kappa shape index (κ2) is 9.53. The number of benzene rings is 1. The predicted octanol–water partition coefficient (Wildman–Crippen LogP) is 1.59. The first-order valence-corrected chi connectivity index (χ1v) is 8.43. The molecule has 0 spiro atoms. The van der Waals surface area contributed by atoms with Crippen molar-refractivity contribution in [3.05, 3.63) is 54.2 Å². The monoisotopic (exact) mass is 356 g/mol. The molecular weight excluding hydrogens is 332 g/mol. The zero-order valence-electron chi connectivity index (χ0n) is 14.9. The average Bonchev–Trinajstić information content (AvgIpc) is 2.65. The van der Waals surface area contributed by atoms with Crippen molar-refractivity contribution in [3.8, 4) is 11.6 Å². The molecule has 4 N–H and O–H groups in total. The Hall–Kier alpha value is -2.93. The number of hydrogen-bond acceptors (Lipinski definition) is 5. The lowest BCUT2D eigenvalue weighted by atomic mass is 10.1. The third-order valence-corrected chi connectivity index (χ3v) is 3.70. The van der Waals surface area contributed by atoms with Crippen LogP contribution in [0.1, 0.15) is 19.4 Å². The molecule has 0 aliphatic heterocycles. The molecule has 0 bridgehead atoms. The second-order valence-corrected chi connectivity index (χ2v) is 6.18. The number of nitrogens with one attached hydrogen (secondary N) is 2. The normalized spacial score (nSPS) is 11.7. The largest absolute Gasteiger partial charge is 0.439 e. The highest BCUT2D eigenvalue weighted by Crippen LogP contribution is 2.18. The van der Waals surface area contributed by atoms with Gasteiger partial charge in [-0.25, -0.2) is 4.98 Å². The quantitative estimate of drug-likeness (QED) is 0.666. The Bertz CT molecular complexity index is 717. The van der Waals surface area contributed by atoms with Gasteiger partial charge in [-0.2, -0.15) is 0 Å². The summed E-state index contributed by atoms with van der Waals surface area (Å²) in [5.41, 5.74) is 6.54. The number of hydrogen-bond donors (Lipinski definition) is 3. The summed E-state index contributed by atoms with van der Waals surface area (Å²) >= 11 is 0. The fraction of sp³-hybridized carbons (Fsp3) is 0.316. The number of pyridine rings is 1. The number of nitrogens with zero attached hydrogens (tertiary/aromatic N) is 1. The van der Waals surface area contributed by atoms with Crippen LogP contribution >= 0.6 is 0 Å². The lowest BCUT2D eigenvalue weighted by Gasteiger charge is -2.15. The molecule has 1 aromatic heterocycles. The zero-order valence-corrected chi connectivity index (χ0v) is 14.9. The molecular formula is C19H24N4O3. The van der Waals surface area contributed by atoms with Crippen molar-refractivity contribution in [3.63, 3.8) is 0 Å². The number of para-hydroxylation sites is 1. The van der Waals surface area contributed by atoms with Crippen LogP contribution in [0.5, 0.6) is 11.6 Å². The molecule has 0 unspecified atom stereocenters. The van der Waals surface area contributed by atoms with E-state index in [0.29, 0.717) is 18.2 Å². The number of ether oxygens (including phenoxy) is 1. The molecule has 2 aromatic rings. The van der Waals surface area contributed by atoms with E-state index in [1.165, 1.54) is 0 Å². The summed E-state index contributed by atoms with van der Waals surface area (Å²) in [6.07, 6.45) is 1.63. The van der Waals surface area contributed by atoms with E-state index in [-0.39, 0.29) is 24.3 Å². The lowest BCUT2D eigenvalue weighted by molar-refractivity contribution is -0.127. The third kappa shape index (κ3) is 6.18. The molecule has 0 aliphatic rings. The van der Waals surface area contributed by atoms with Gasteiger partial charge in [-0.1, -0.05) is 38.1 Å². The minimum Gasteiger partial charge on any atom is -0.439 e. The van der Waals surface area contributed by atoms with E-state index >= 15 is 0 Å². The third-order valence-electron chi connectivity index (χ3n) is 3.70. The smallest absolute Gasteiger partial charge is 0.239 e. The maximum atomic E-state index is 11.8. The van der Waals surface area contributed by atoms with Crippen LogP contribution in [0.25, 0.3) is 0 Å². The maximum absolute atomic E-state index is 11.8. The predicted molar refractivity (Wildman–Crippen MR) is 98.4 cm³/mol. The maximum Gasteiger partial charge on any atom is 0.239 e. The van der Waals surface area contributed by atoms with E-state index in [2.05, 4.69) is 15.6 Å². The van der Waals surface area contributed by atoms with Crippen molar-refractivity contribution >= 4 is 11.8 Å². The fourth-order valence-electron chi connectivity index (χ4n) is 2.04. The van der Waals surface area contributed by atoms with Gasteiger partial charge in [0.1, 0.15) is 5.75 Å². The van der Waals surface area contributed by atoms with Crippen molar-refractivity contribution in [2.24, 2.45) is 11.7 Å². The molecule has 0 saturated carbocycles. The number of nitrogens with two attached hydrogens (primary N) is 1. The molecule has 0 aliphatic carbocycles. The van der Waals surface area contributed by atoms with E-state index in [4.69, 9.17) is 10.5 Å². The second-order valence-electron chi connectivity index (χ2n) is 6.18. The molecule has 1 heterocycles. The molecule has 0 radical (unpaired) electrons. The lowest BCUT2D eigenvalue weighted by Crippen LogP contribution is -2.47. The highest BCUT2D eigenvalue weighted by atomic mass is 16.5. The molecule has 2 amide bonds. The van der Waals surface area contributed by atoms with Gasteiger partial charge in [-0.15, -0.1) is 0 Å². The van der Waals surface area contributed by atoms with Gasteiger partial charge in [0.2, 0.25) is 17.7 Å². The van der Waals surface area contributed by atoms with Gasteiger partial charge in [-0.3, -0.25) is 9.59 Å². The Kier molecular flexibility index (Phi) is 7.11. The van der Waals surface area contributed by atoms with Crippen LogP contribution in [0.3, 0.4) is 0 Å². The summed E-state index contributed by atoms with van der Waals surface area (Å²) < 4.78 is 5.61. The van der Waals surface area contributed by atoms with E-state index in [1.807, 2.05) is 50.2 Å². The molecule has 26 heavy (non-hydrogen) atoms. The first-order valence-electron chi connectivity index (χ1n) is 8.43. The van der Waals surface area contributed by atoms with Crippen molar-refractivity contribution in [2.45, 2.75) is 26.4 Å². The van der Waals surface area contributed by atoms with Crippen molar-refractivity contribution in [1.82, 2.24) is 15.6 Å². The van der Waals surface area contributed by atoms with Gasteiger partial charge in [-0.05, 0) is 23.6 Å². The van der Waals surface area contributed by atoms with Crippen LogP contribution < -0.4 is 21.1 Å². The highest BCUT2D eigenvalue weighted by molar-refractivity contribution is 5.87. The molecule has 2 rings (SSSR count). The number of rotatable bonds is 8. The van der Waals surface area contributed by atoms with Crippen molar-refractivity contribution < 1.29 is 14.3 Å². The molecule has 138 valence electrons. The molecule has 7 heteroatoms. The summed E-state index contributed by atoms with van der Waals surface area (Å²) in [5, 5.41) is 5.24. The number of aromatic nitrogens is 1. The van der Waals surface area contributed by atoms with Crippen LogP contribution in [0.15, 0.2) is 48.7 Å². The highest BCUT2D eigenvalue weighted by Gasteiger charge is 2.17. The summed E-state index contributed by atoms with van der Waals surface area (Å²) in [6.45, 7) is 3.90. The number of carbonyl (C=O) groups excluding carboxylic acids is 2. The van der Waals surface area contributed by atoms with Gasteiger partial charge in [0, 0.05) is 18.8 Å². The van der Waals surface area contributed by atoms with Crippen LogP contribution in [-0.2, 0) is 16.1 Å². The first kappa shape index (κ1) is 19.4. The zero-order chi connectivity index (χ0) is 18.9. The molecule has 1 aromatic carbocycles. The minimum atomic E-state index is -0.621. The SMILES string of the molecule is CC(C)[C@H](N)C(=O)NCC(=O)NCc1ccc(Oc2ccccc2)nc1. The van der Waals surface area contributed by atoms with E-state index < -0.39 is 6.04 Å². The van der Waals surface area contributed by atoms with Gasteiger partial charge in [0.15, 0.2) is 0 Å². The first-order chi connectivity index (χ1) is 12.5. The average molecular weight is 356 g/mol. The Morgan fingerprint density at radius 2 is 1.85 bits per heavy atom. The van der Waals surface area contributed by atoms with Crippen molar-refractivity contribution in [1.29, 1.82) is 0 Å². The summed E-state index contributed by atoms with van der Waals surface area (Å²) in [5.74, 6) is 0.566. The van der Waals surface area contributed by atoms with Gasteiger partial charge in [0.05, 0.1) is 12.6 Å². The van der Waals surface area contributed by atoms with E-state index in [0.717, 1.165) is 5.56 Å². The molecule has 7 nitrogen and oxygen atoms in total. The molecule has 1 atom stereocenters. The standard InChI is InChI=1S/C19H24N4O3/c1-13(2)18(20)19(25)23-12-16(24)21-10-14-8-9-17(22-11-14)26-15-6-4-3-5-7-15/h3-9,11,13,18H,10,12,20H2,1-2H3,(H,21,24)(H,23,25)/t18-/m0/s1. The Labute approximate surface area is 153 Å². The van der Waals surface area contributed by atoms with Gasteiger partial charge < -0.3 is 21.1 Å². The number of carbonyl (C=O) groups is 2. The van der Waals surface area contributed by atoms with E-state index in [9.17, 15) is 9.59 Å². The summed E-state index contributed by atoms with van der Waals surface area (Å²) in [7, 11) is 0.